The largest absolute Gasteiger partial charge is 0.358 e. The van der Waals surface area contributed by atoms with Gasteiger partial charge in [0.15, 0.2) is 0 Å². The third-order valence-electron chi connectivity index (χ3n) is 4.69. The molecule has 2 fully saturated rings. The molecule has 2 aliphatic heterocycles. The van der Waals surface area contributed by atoms with Crippen molar-refractivity contribution in [3.05, 3.63) is 35.9 Å². The van der Waals surface area contributed by atoms with Crippen molar-refractivity contribution in [3.63, 3.8) is 0 Å². The monoisotopic (exact) mass is 337 g/mol. The highest BCUT2D eigenvalue weighted by Gasteiger charge is 2.41. The fraction of sp³-hybridized carbons (Fsp3) is 0.529. The number of amides is 2. The van der Waals surface area contributed by atoms with E-state index in [-0.39, 0.29) is 36.3 Å². The Labute approximate surface area is 143 Å². The fourth-order valence-electron chi connectivity index (χ4n) is 3.38. The second-order valence-corrected chi connectivity index (χ2v) is 6.00. The summed E-state index contributed by atoms with van der Waals surface area (Å²) in [5, 5.41) is 2.75. The van der Waals surface area contributed by atoms with Gasteiger partial charge >= 0.3 is 0 Å². The summed E-state index contributed by atoms with van der Waals surface area (Å²) in [5.74, 6) is 0.142. The Morgan fingerprint density at radius 3 is 2.39 bits per heavy atom. The van der Waals surface area contributed by atoms with Crippen LogP contribution in [0.3, 0.4) is 0 Å². The lowest BCUT2D eigenvalue weighted by molar-refractivity contribution is -0.141. The van der Waals surface area contributed by atoms with Gasteiger partial charge in [-0.3, -0.25) is 14.5 Å². The van der Waals surface area contributed by atoms with E-state index in [4.69, 9.17) is 0 Å². The van der Waals surface area contributed by atoms with Gasteiger partial charge in [0.2, 0.25) is 11.8 Å². The van der Waals surface area contributed by atoms with Crippen LogP contribution in [-0.2, 0) is 9.59 Å². The van der Waals surface area contributed by atoms with Gasteiger partial charge in [-0.05, 0) is 24.8 Å². The fourth-order valence-corrected chi connectivity index (χ4v) is 3.38. The van der Waals surface area contributed by atoms with E-state index in [0.29, 0.717) is 0 Å². The first kappa shape index (κ1) is 17.8. The average molecular weight is 338 g/mol. The molecular formula is C17H24ClN3O2. The summed E-state index contributed by atoms with van der Waals surface area (Å²) in [7, 11) is 1.65. The van der Waals surface area contributed by atoms with Crippen molar-refractivity contribution < 1.29 is 9.59 Å². The molecule has 1 aromatic rings. The number of nitrogens with zero attached hydrogens (tertiary/aromatic N) is 2. The zero-order chi connectivity index (χ0) is 15.5. The maximum absolute atomic E-state index is 12.6. The van der Waals surface area contributed by atoms with Gasteiger partial charge in [0.1, 0.15) is 6.04 Å². The molecule has 5 nitrogen and oxygen atoms in total. The number of hydrogen-bond acceptors (Lipinski definition) is 3. The van der Waals surface area contributed by atoms with E-state index < -0.39 is 0 Å². The van der Waals surface area contributed by atoms with Gasteiger partial charge < -0.3 is 10.2 Å². The number of halogens is 1. The second-order valence-electron chi connectivity index (χ2n) is 6.00. The van der Waals surface area contributed by atoms with Crippen LogP contribution in [0, 0.1) is 0 Å². The van der Waals surface area contributed by atoms with E-state index in [9.17, 15) is 9.59 Å². The van der Waals surface area contributed by atoms with Gasteiger partial charge in [-0.1, -0.05) is 30.3 Å². The molecule has 0 aliphatic carbocycles. The highest BCUT2D eigenvalue weighted by Crippen LogP contribution is 2.31. The Morgan fingerprint density at radius 1 is 1.13 bits per heavy atom. The maximum atomic E-state index is 12.6. The minimum atomic E-state index is -0.385. The Kier molecular flexibility index (Phi) is 6.02. The molecule has 0 saturated carbocycles. The Bertz CT molecular complexity index is 548. The van der Waals surface area contributed by atoms with Gasteiger partial charge in [-0.2, -0.15) is 0 Å². The Hall–Kier alpha value is -1.59. The van der Waals surface area contributed by atoms with Crippen LogP contribution in [0.2, 0.25) is 0 Å². The summed E-state index contributed by atoms with van der Waals surface area (Å²) in [5.41, 5.74) is 0.949. The molecule has 126 valence electrons. The average Bonchev–Trinajstić information content (AvgIpc) is 2.95. The minimum Gasteiger partial charge on any atom is -0.358 e. The van der Waals surface area contributed by atoms with E-state index in [1.54, 1.807) is 7.05 Å². The standard InChI is InChI=1S/C17H23N3O2.ClH/c1-18-16(21)15(13-7-3-2-4-8-13)20-12-5-9-14(20)17(22)19-10-6-11-19;/h2-4,7-8,14-15H,5-6,9-12H2,1H3,(H,18,21);1H/t14-,15+;/m0./s1. The smallest absolute Gasteiger partial charge is 0.241 e. The number of likely N-dealkylation sites (N-methyl/N-ethyl adjacent to an activating group) is 1. The predicted molar refractivity (Wildman–Crippen MR) is 91.4 cm³/mol. The lowest BCUT2D eigenvalue weighted by Crippen LogP contribution is -2.53. The summed E-state index contributed by atoms with van der Waals surface area (Å²) in [6, 6.07) is 9.19. The van der Waals surface area contributed by atoms with E-state index in [1.165, 1.54) is 0 Å². The van der Waals surface area contributed by atoms with Crippen molar-refractivity contribution in [1.29, 1.82) is 0 Å². The van der Waals surface area contributed by atoms with Crippen molar-refractivity contribution in [1.82, 2.24) is 15.1 Å². The van der Waals surface area contributed by atoms with Crippen molar-refractivity contribution >= 4 is 24.2 Å². The van der Waals surface area contributed by atoms with Crippen molar-refractivity contribution in [2.24, 2.45) is 0 Å². The molecule has 6 heteroatoms. The summed E-state index contributed by atoms with van der Waals surface area (Å²) in [4.78, 5) is 29.1. The van der Waals surface area contributed by atoms with Crippen LogP contribution in [0.1, 0.15) is 30.9 Å². The number of nitrogens with one attached hydrogen (secondary N) is 1. The Morgan fingerprint density at radius 2 is 1.83 bits per heavy atom. The number of carbonyl (C=O) groups is 2. The number of rotatable bonds is 4. The van der Waals surface area contributed by atoms with Gasteiger partial charge in [0, 0.05) is 26.7 Å². The molecule has 1 aromatic carbocycles. The molecule has 2 amide bonds. The maximum Gasteiger partial charge on any atom is 0.241 e. The summed E-state index contributed by atoms with van der Waals surface area (Å²) in [6.07, 6.45) is 2.90. The predicted octanol–water partition coefficient (Wildman–Crippen LogP) is 1.59. The van der Waals surface area contributed by atoms with Crippen LogP contribution in [0.15, 0.2) is 30.3 Å². The third kappa shape index (κ3) is 3.51. The number of benzene rings is 1. The summed E-state index contributed by atoms with van der Waals surface area (Å²) >= 11 is 0. The highest BCUT2D eigenvalue weighted by atomic mass is 35.5. The summed E-state index contributed by atoms with van der Waals surface area (Å²) in [6.45, 7) is 2.51. The molecule has 0 unspecified atom stereocenters. The van der Waals surface area contributed by atoms with Crippen LogP contribution in [0.4, 0.5) is 0 Å². The van der Waals surface area contributed by atoms with Crippen LogP contribution in [-0.4, -0.2) is 54.3 Å². The number of likely N-dealkylation sites (tertiary alicyclic amines) is 2. The van der Waals surface area contributed by atoms with Crippen LogP contribution < -0.4 is 5.32 Å². The molecular weight excluding hydrogens is 314 g/mol. The highest BCUT2D eigenvalue weighted by molar-refractivity contribution is 5.86. The van der Waals surface area contributed by atoms with Crippen molar-refractivity contribution in [2.75, 3.05) is 26.7 Å². The zero-order valence-corrected chi connectivity index (χ0v) is 14.2. The van der Waals surface area contributed by atoms with E-state index in [1.807, 2.05) is 35.2 Å². The van der Waals surface area contributed by atoms with Crippen LogP contribution in [0.5, 0.6) is 0 Å². The topological polar surface area (TPSA) is 52.7 Å². The lowest BCUT2D eigenvalue weighted by Gasteiger charge is -2.38. The van der Waals surface area contributed by atoms with E-state index >= 15 is 0 Å². The molecule has 0 spiro atoms. The molecule has 2 heterocycles. The van der Waals surface area contributed by atoms with E-state index in [0.717, 1.165) is 44.5 Å². The van der Waals surface area contributed by atoms with Gasteiger partial charge in [0.05, 0.1) is 6.04 Å². The molecule has 1 N–H and O–H groups in total. The third-order valence-corrected chi connectivity index (χ3v) is 4.69. The molecule has 2 aliphatic rings. The van der Waals surface area contributed by atoms with Crippen molar-refractivity contribution in [3.8, 4) is 0 Å². The Balaban J connectivity index is 0.00000192. The molecule has 0 bridgehead atoms. The summed E-state index contributed by atoms with van der Waals surface area (Å²) < 4.78 is 0. The van der Waals surface area contributed by atoms with Crippen LogP contribution >= 0.6 is 12.4 Å². The van der Waals surface area contributed by atoms with Gasteiger partial charge in [0.25, 0.3) is 0 Å². The normalized spacial score (nSPS) is 22.0. The molecule has 0 radical (unpaired) electrons. The van der Waals surface area contributed by atoms with Crippen molar-refractivity contribution in [2.45, 2.75) is 31.3 Å². The first-order valence-corrected chi connectivity index (χ1v) is 8.03. The zero-order valence-electron chi connectivity index (χ0n) is 13.4. The van der Waals surface area contributed by atoms with Gasteiger partial charge in [-0.15, -0.1) is 12.4 Å². The SMILES string of the molecule is CNC(=O)[C@@H](c1ccccc1)N1CCC[C@H]1C(=O)N1CCC1.Cl. The molecule has 3 rings (SSSR count). The molecule has 23 heavy (non-hydrogen) atoms. The molecule has 2 atom stereocenters. The number of hydrogen-bond donors (Lipinski definition) is 1. The molecule has 0 aromatic heterocycles. The van der Waals surface area contributed by atoms with E-state index in [2.05, 4.69) is 10.2 Å². The first-order chi connectivity index (χ1) is 10.7. The first-order valence-electron chi connectivity index (χ1n) is 8.03. The minimum absolute atomic E-state index is 0. The van der Waals surface area contributed by atoms with Gasteiger partial charge in [-0.25, -0.2) is 0 Å². The molecule has 2 saturated heterocycles. The second kappa shape index (κ2) is 7.79. The number of carbonyl (C=O) groups excluding carboxylic acids is 2. The van der Waals surface area contributed by atoms with Crippen LogP contribution in [0.25, 0.3) is 0 Å². The lowest BCUT2D eigenvalue weighted by atomic mass is 10.0. The quantitative estimate of drug-likeness (QED) is 0.907.